The fourth-order valence-corrected chi connectivity index (χ4v) is 2.86. The predicted molar refractivity (Wildman–Crippen MR) is 66.5 cm³/mol. The molecule has 1 aliphatic rings. The van der Waals surface area contributed by atoms with Crippen LogP contribution in [0.3, 0.4) is 0 Å². The molecule has 2 rings (SSSR count). The largest absolute Gasteiger partial charge is 0.453 e. The molecule has 0 bridgehead atoms. The Kier molecular flexibility index (Phi) is 4.28. The van der Waals surface area contributed by atoms with Crippen LogP contribution in [0.1, 0.15) is 31.2 Å². The second-order valence-electron chi connectivity index (χ2n) is 4.05. The van der Waals surface area contributed by atoms with Crippen LogP contribution in [0.2, 0.25) is 0 Å². The summed E-state index contributed by atoms with van der Waals surface area (Å²) in [4.78, 5) is 11.5. The third-order valence-electron chi connectivity index (χ3n) is 2.76. The van der Waals surface area contributed by atoms with Crippen molar-refractivity contribution in [2.24, 2.45) is 0 Å². The summed E-state index contributed by atoms with van der Waals surface area (Å²) in [6, 6.07) is 9.79. The molecule has 86 valence electrons. The molecule has 1 aromatic carbocycles. The highest BCUT2D eigenvalue weighted by Gasteiger charge is 2.19. The molecule has 0 heterocycles. The zero-order valence-corrected chi connectivity index (χ0v) is 10.0. The molecule has 2 nitrogen and oxygen atoms in total. The number of benzene rings is 1. The third-order valence-corrected chi connectivity index (χ3v) is 3.88. The van der Waals surface area contributed by atoms with Crippen LogP contribution in [0.5, 0.6) is 0 Å². The normalized spacial score (nSPS) is 16.2. The molecule has 0 atom stereocenters. The van der Waals surface area contributed by atoms with E-state index >= 15 is 0 Å². The van der Waals surface area contributed by atoms with Gasteiger partial charge in [0.2, 0.25) is 0 Å². The van der Waals surface area contributed by atoms with Gasteiger partial charge in [-0.25, -0.2) is 4.79 Å². The molecule has 0 radical (unpaired) electrons. The number of hydrogen-bond acceptors (Lipinski definition) is 3. The van der Waals surface area contributed by atoms with Crippen molar-refractivity contribution in [1.29, 1.82) is 0 Å². The molecular formula is C13H16O2S. The minimum atomic E-state index is -0.129. The first kappa shape index (κ1) is 11.5. The van der Waals surface area contributed by atoms with Gasteiger partial charge in [-0.15, -0.1) is 0 Å². The Morgan fingerprint density at radius 3 is 2.62 bits per heavy atom. The molecule has 0 amide bonds. The molecule has 0 N–H and O–H groups in total. The predicted octanol–water partition coefficient (Wildman–Crippen LogP) is 4.00. The monoisotopic (exact) mass is 236 g/mol. The van der Waals surface area contributed by atoms with E-state index in [1.54, 1.807) is 0 Å². The van der Waals surface area contributed by atoms with Crippen molar-refractivity contribution in [3.8, 4) is 0 Å². The SMILES string of the molecule is O=C(OCc1ccccc1)SC1CCCC1. The summed E-state index contributed by atoms with van der Waals surface area (Å²) in [6.07, 6.45) is 4.82. The van der Waals surface area contributed by atoms with E-state index in [1.807, 2.05) is 30.3 Å². The lowest BCUT2D eigenvalue weighted by Gasteiger charge is -2.08. The van der Waals surface area contributed by atoms with Crippen LogP contribution >= 0.6 is 11.8 Å². The van der Waals surface area contributed by atoms with Gasteiger partial charge in [0.05, 0.1) is 0 Å². The maximum absolute atomic E-state index is 11.5. The van der Waals surface area contributed by atoms with Crippen LogP contribution in [0.25, 0.3) is 0 Å². The molecule has 0 aromatic heterocycles. The lowest BCUT2D eigenvalue weighted by atomic mass is 10.2. The molecule has 3 heteroatoms. The Bertz CT molecular complexity index is 331. The second-order valence-corrected chi connectivity index (χ2v) is 5.28. The molecule has 0 unspecified atom stereocenters. The van der Waals surface area contributed by atoms with Gasteiger partial charge in [0.25, 0.3) is 0 Å². The highest BCUT2D eigenvalue weighted by molar-refractivity contribution is 8.13. The van der Waals surface area contributed by atoms with Gasteiger partial charge >= 0.3 is 5.30 Å². The quantitative estimate of drug-likeness (QED) is 0.742. The van der Waals surface area contributed by atoms with E-state index in [-0.39, 0.29) is 5.30 Å². The zero-order chi connectivity index (χ0) is 11.2. The maximum Gasteiger partial charge on any atom is 0.367 e. The molecule has 1 saturated carbocycles. The Balaban J connectivity index is 1.71. The van der Waals surface area contributed by atoms with E-state index in [0.717, 1.165) is 18.4 Å². The summed E-state index contributed by atoms with van der Waals surface area (Å²) >= 11 is 1.37. The van der Waals surface area contributed by atoms with E-state index in [2.05, 4.69) is 0 Å². The van der Waals surface area contributed by atoms with Crippen molar-refractivity contribution in [2.45, 2.75) is 37.5 Å². The van der Waals surface area contributed by atoms with Crippen LogP contribution in [-0.4, -0.2) is 10.6 Å². The van der Waals surface area contributed by atoms with Gasteiger partial charge in [-0.1, -0.05) is 43.2 Å². The van der Waals surface area contributed by atoms with Crippen molar-refractivity contribution >= 4 is 17.1 Å². The summed E-state index contributed by atoms with van der Waals surface area (Å²) in [5.74, 6) is 0. The topological polar surface area (TPSA) is 26.3 Å². The molecule has 1 aromatic rings. The summed E-state index contributed by atoms with van der Waals surface area (Å²) in [7, 11) is 0. The lowest BCUT2D eigenvalue weighted by Crippen LogP contribution is -2.04. The standard InChI is InChI=1S/C13H16O2S/c14-13(16-12-8-4-5-9-12)15-10-11-6-2-1-3-7-11/h1-3,6-7,12H,4-5,8-10H2. The van der Waals surface area contributed by atoms with Gasteiger partial charge < -0.3 is 4.74 Å². The van der Waals surface area contributed by atoms with Gasteiger partial charge in [0.15, 0.2) is 0 Å². The Morgan fingerprint density at radius 2 is 1.94 bits per heavy atom. The molecule has 0 saturated heterocycles. The van der Waals surface area contributed by atoms with Crippen molar-refractivity contribution < 1.29 is 9.53 Å². The average molecular weight is 236 g/mol. The lowest BCUT2D eigenvalue weighted by molar-refractivity contribution is 0.168. The average Bonchev–Trinajstić information content (AvgIpc) is 2.81. The minimum absolute atomic E-state index is 0.129. The Morgan fingerprint density at radius 1 is 1.25 bits per heavy atom. The van der Waals surface area contributed by atoms with Crippen molar-refractivity contribution in [2.75, 3.05) is 0 Å². The van der Waals surface area contributed by atoms with Crippen LogP contribution < -0.4 is 0 Å². The number of ether oxygens (including phenoxy) is 1. The number of carbonyl (C=O) groups is 1. The highest BCUT2D eigenvalue weighted by Crippen LogP contribution is 2.30. The van der Waals surface area contributed by atoms with Crippen LogP contribution in [0.4, 0.5) is 4.79 Å². The molecule has 1 fully saturated rings. The van der Waals surface area contributed by atoms with E-state index in [0.29, 0.717) is 11.9 Å². The van der Waals surface area contributed by atoms with E-state index in [9.17, 15) is 4.79 Å². The van der Waals surface area contributed by atoms with Crippen LogP contribution in [0, 0.1) is 0 Å². The van der Waals surface area contributed by atoms with Gasteiger partial charge in [-0.05, 0) is 30.2 Å². The first-order valence-electron chi connectivity index (χ1n) is 5.72. The maximum atomic E-state index is 11.5. The summed E-state index contributed by atoms with van der Waals surface area (Å²) in [5.41, 5.74) is 1.04. The van der Waals surface area contributed by atoms with Crippen molar-refractivity contribution in [3.63, 3.8) is 0 Å². The van der Waals surface area contributed by atoms with Gasteiger partial charge in [0.1, 0.15) is 6.61 Å². The van der Waals surface area contributed by atoms with E-state index in [4.69, 9.17) is 4.74 Å². The fraction of sp³-hybridized carbons (Fsp3) is 0.462. The van der Waals surface area contributed by atoms with Crippen LogP contribution in [0.15, 0.2) is 30.3 Å². The molecule has 0 spiro atoms. The van der Waals surface area contributed by atoms with Gasteiger partial charge in [0, 0.05) is 5.25 Å². The Labute approximate surface area is 100 Å². The molecular weight excluding hydrogens is 220 g/mol. The second kappa shape index (κ2) is 5.94. The van der Waals surface area contributed by atoms with Crippen LogP contribution in [-0.2, 0) is 11.3 Å². The molecule has 1 aliphatic carbocycles. The van der Waals surface area contributed by atoms with Gasteiger partial charge in [-0.2, -0.15) is 0 Å². The van der Waals surface area contributed by atoms with E-state index < -0.39 is 0 Å². The van der Waals surface area contributed by atoms with Crippen molar-refractivity contribution in [3.05, 3.63) is 35.9 Å². The third kappa shape index (κ3) is 3.56. The minimum Gasteiger partial charge on any atom is -0.453 e. The number of thioether (sulfide) groups is 1. The number of carbonyl (C=O) groups excluding carboxylic acids is 1. The first-order chi connectivity index (χ1) is 7.84. The highest BCUT2D eigenvalue weighted by atomic mass is 32.2. The van der Waals surface area contributed by atoms with Crippen molar-refractivity contribution in [1.82, 2.24) is 0 Å². The van der Waals surface area contributed by atoms with Gasteiger partial charge in [-0.3, -0.25) is 0 Å². The molecule has 16 heavy (non-hydrogen) atoms. The zero-order valence-electron chi connectivity index (χ0n) is 9.22. The van der Waals surface area contributed by atoms with E-state index in [1.165, 1.54) is 24.6 Å². The first-order valence-corrected chi connectivity index (χ1v) is 6.60. The number of rotatable bonds is 3. The fourth-order valence-electron chi connectivity index (χ4n) is 1.89. The summed E-state index contributed by atoms with van der Waals surface area (Å²) in [5, 5.41) is 0.360. The molecule has 0 aliphatic heterocycles. The number of hydrogen-bond donors (Lipinski definition) is 0. The Hall–Kier alpha value is -0.960. The smallest absolute Gasteiger partial charge is 0.367 e. The summed E-state index contributed by atoms with van der Waals surface area (Å²) < 4.78 is 5.21. The summed E-state index contributed by atoms with van der Waals surface area (Å²) in [6.45, 7) is 0.388.